The van der Waals surface area contributed by atoms with Crippen LogP contribution in [-0.2, 0) is 5.41 Å². The van der Waals surface area contributed by atoms with Gasteiger partial charge in [0.15, 0.2) is 0 Å². The number of benzene rings is 11. The van der Waals surface area contributed by atoms with Crippen molar-refractivity contribution in [1.29, 1.82) is 0 Å². The molecule has 0 aliphatic heterocycles. The van der Waals surface area contributed by atoms with Crippen molar-refractivity contribution in [1.82, 2.24) is 4.57 Å². The molecule has 13 rings (SSSR count). The van der Waals surface area contributed by atoms with Crippen LogP contribution in [0.5, 0.6) is 0 Å². The first kappa shape index (κ1) is 38.7. The Balaban J connectivity index is 0.926. The molecule has 0 radical (unpaired) electrons. The van der Waals surface area contributed by atoms with E-state index < -0.39 is 5.41 Å². The Morgan fingerprint density at radius 2 is 0.776 bits per heavy atom. The van der Waals surface area contributed by atoms with Crippen LogP contribution in [0.2, 0.25) is 0 Å². The number of nitrogens with zero attached hydrogens (tertiary/aromatic N) is 2. The van der Waals surface area contributed by atoms with Crippen LogP contribution < -0.4 is 4.90 Å². The largest absolute Gasteiger partial charge is 0.310 e. The first-order valence-electron chi connectivity index (χ1n) is 23.2. The zero-order valence-electron chi connectivity index (χ0n) is 36.8. The first-order valence-corrected chi connectivity index (χ1v) is 23.2. The van der Waals surface area contributed by atoms with Gasteiger partial charge in [-0.25, -0.2) is 0 Å². The highest BCUT2D eigenvalue weighted by atomic mass is 15.1. The molecule has 1 heterocycles. The van der Waals surface area contributed by atoms with E-state index in [1.54, 1.807) is 0 Å². The van der Waals surface area contributed by atoms with Gasteiger partial charge >= 0.3 is 0 Å². The van der Waals surface area contributed by atoms with Crippen molar-refractivity contribution in [2.24, 2.45) is 0 Å². The molecule has 0 saturated carbocycles. The van der Waals surface area contributed by atoms with Crippen LogP contribution in [0.4, 0.5) is 17.1 Å². The molecule has 314 valence electrons. The van der Waals surface area contributed by atoms with Crippen molar-refractivity contribution < 1.29 is 0 Å². The molecule has 0 saturated heterocycles. The topological polar surface area (TPSA) is 8.17 Å². The highest BCUT2D eigenvalue weighted by molar-refractivity contribution is 6.09. The Morgan fingerprint density at radius 3 is 1.40 bits per heavy atom. The SMILES string of the molecule is c1ccc(C2(c3cccc(N(c4ccc(-c5ccc(-n6c7ccccc7c7ccccc76)cc5)cc4)c4ccc(-c5ccc6ccccc6c5)cc4)c3)c3ccccc3-c3ccccc32)cc1. The lowest BCUT2D eigenvalue weighted by molar-refractivity contribution is 0.768. The summed E-state index contributed by atoms with van der Waals surface area (Å²) in [4.78, 5) is 2.41. The summed E-state index contributed by atoms with van der Waals surface area (Å²) in [6.45, 7) is 0. The van der Waals surface area contributed by atoms with E-state index in [0.717, 1.165) is 22.7 Å². The van der Waals surface area contributed by atoms with Gasteiger partial charge < -0.3 is 9.47 Å². The van der Waals surface area contributed by atoms with Gasteiger partial charge in [-0.05, 0) is 133 Å². The Kier molecular flexibility index (Phi) is 9.11. The Hall–Kier alpha value is -8.72. The summed E-state index contributed by atoms with van der Waals surface area (Å²) in [5, 5.41) is 5.03. The smallest absolute Gasteiger partial charge is 0.0714 e. The minimum Gasteiger partial charge on any atom is -0.310 e. The van der Waals surface area contributed by atoms with E-state index in [1.165, 1.54) is 88.2 Å². The third kappa shape index (κ3) is 6.26. The molecule has 67 heavy (non-hydrogen) atoms. The van der Waals surface area contributed by atoms with Crippen LogP contribution in [0.1, 0.15) is 22.3 Å². The summed E-state index contributed by atoms with van der Waals surface area (Å²) in [5.41, 5.74) is 18.7. The number of fused-ring (bicyclic) bond motifs is 7. The van der Waals surface area contributed by atoms with Gasteiger partial charge in [0, 0.05) is 33.5 Å². The third-order valence-corrected chi connectivity index (χ3v) is 14.1. The van der Waals surface area contributed by atoms with Gasteiger partial charge in [0.05, 0.1) is 16.4 Å². The van der Waals surface area contributed by atoms with Crippen molar-refractivity contribution in [2.75, 3.05) is 4.90 Å². The first-order chi connectivity index (χ1) is 33.2. The molecule has 12 aromatic rings. The zero-order chi connectivity index (χ0) is 44.3. The second kappa shape index (κ2) is 15.8. The molecule has 0 bridgehead atoms. The maximum Gasteiger partial charge on any atom is 0.0714 e. The highest BCUT2D eigenvalue weighted by Gasteiger charge is 2.46. The zero-order valence-corrected chi connectivity index (χ0v) is 36.8. The number of anilines is 3. The fourth-order valence-electron chi connectivity index (χ4n) is 11.0. The summed E-state index contributed by atoms with van der Waals surface area (Å²) in [6.07, 6.45) is 0. The van der Waals surface area contributed by atoms with Crippen molar-refractivity contribution in [3.8, 4) is 39.1 Å². The standard InChI is InChI=1S/C65H44N2/c1-2-17-51(18-3-1)65(61-25-10-6-21-57(61)58-22-7-11-26-62(58)65)52-19-14-20-56(44-52)66(54-39-35-48(36-40-54)50-30-29-45-15-4-5-16-49(45)43-50)53-37-31-46(32-38-53)47-33-41-55(42-34-47)67-63-27-12-8-23-59(63)60-24-9-13-28-64(60)67/h1-44H. The lowest BCUT2D eigenvalue weighted by Crippen LogP contribution is -2.28. The lowest BCUT2D eigenvalue weighted by atomic mass is 9.67. The maximum absolute atomic E-state index is 2.42. The monoisotopic (exact) mass is 852 g/mol. The highest BCUT2D eigenvalue weighted by Crippen LogP contribution is 2.56. The molecule has 11 aromatic carbocycles. The average Bonchev–Trinajstić information content (AvgIpc) is 3.90. The van der Waals surface area contributed by atoms with E-state index >= 15 is 0 Å². The number of hydrogen-bond donors (Lipinski definition) is 0. The molecule has 1 aliphatic carbocycles. The molecule has 0 fully saturated rings. The molecule has 0 unspecified atom stereocenters. The van der Waals surface area contributed by atoms with E-state index in [1.807, 2.05) is 0 Å². The van der Waals surface area contributed by atoms with Gasteiger partial charge in [-0.1, -0.05) is 200 Å². The van der Waals surface area contributed by atoms with Crippen LogP contribution >= 0.6 is 0 Å². The Bertz CT molecular complexity index is 3690. The number of hydrogen-bond acceptors (Lipinski definition) is 1. The molecular formula is C65H44N2. The van der Waals surface area contributed by atoms with Crippen LogP contribution in [0.3, 0.4) is 0 Å². The second-order valence-electron chi connectivity index (χ2n) is 17.7. The van der Waals surface area contributed by atoms with Gasteiger partial charge in [0.25, 0.3) is 0 Å². The van der Waals surface area contributed by atoms with Gasteiger partial charge in [-0.2, -0.15) is 0 Å². The predicted molar refractivity (Wildman–Crippen MR) is 281 cm³/mol. The molecule has 1 aromatic heterocycles. The number of aromatic nitrogens is 1. The van der Waals surface area contributed by atoms with Crippen LogP contribution in [0.15, 0.2) is 267 Å². The van der Waals surface area contributed by atoms with Crippen LogP contribution in [0, 0.1) is 0 Å². The minimum absolute atomic E-state index is 0.509. The molecule has 0 N–H and O–H groups in total. The summed E-state index contributed by atoms with van der Waals surface area (Å²) < 4.78 is 2.37. The lowest BCUT2D eigenvalue weighted by Gasteiger charge is -2.35. The molecule has 1 aliphatic rings. The normalized spacial score (nSPS) is 12.6. The fraction of sp³-hybridized carbons (Fsp3) is 0.0154. The predicted octanol–water partition coefficient (Wildman–Crippen LogP) is 17.1. The molecule has 0 atom stereocenters. The van der Waals surface area contributed by atoms with E-state index in [4.69, 9.17) is 0 Å². The van der Waals surface area contributed by atoms with E-state index in [0.29, 0.717) is 0 Å². The third-order valence-electron chi connectivity index (χ3n) is 14.1. The quantitative estimate of drug-likeness (QED) is 0.148. The maximum atomic E-state index is 2.42. The van der Waals surface area contributed by atoms with Crippen molar-refractivity contribution in [3.05, 3.63) is 289 Å². The summed E-state index contributed by atoms with van der Waals surface area (Å²) in [7, 11) is 0. The van der Waals surface area contributed by atoms with Crippen LogP contribution in [0.25, 0.3) is 71.6 Å². The van der Waals surface area contributed by atoms with Gasteiger partial charge in [-0.3, -0.25) is 0 Å². The van der Waals surface area contributed by atoms with E-state index in [2.05, 4.69) is 276 Å². The molecular weight excluding hydrogens is 809 g/mol. The molecule has 2 nitrogen and oxygen atoms in total. The summed E-state index contributed by atoms with van der Waals surface area (Å²) >= 11 is 0. The number of rotatable bonds is 8. The second-order valence-corrected chi connectivity index (χ2v) is 17.7. The van der Waals surface area contributed by atoms with Crippen molar-refractivity contribution in [2.45, 2.75) is 5.41 Å². The van der Waals surface area contributed by atoms with Crippen LogP contribution in [-0.4, -0.2) is 4.57 Å². The Labute approximate surface area is 390 Å². The summed E-state index contributed by atoms with van der Waals surface area (Å²) in [6, 6.07) is 98.0. The van der Waals surface area contributed by atoms with E-state index in [-0.39, 0.29) is 0 Å². The van der Waals surface area contributed by atoms with Crippen molar-refractivity contribution in [3.63, 3.8) is 0 Å². The van der Waals surface area contributed by atoms with Gasteiger partial charge in [0.2, 0.25) is 0 Å². The van der Waals surface area contributed by atoms with E-state index in [9.17, 15) is 0 Å². The average molecular weight is 853 g/mol. The molecule has 2 heteroatoms. The molecule has 0 amide bonds. The summed E-state index contributed by atoms with van der Waals surface area (Å²) in [5.74, 6) is 0. The van der Waals surface area contributed by atoms with Gasteiger partial charge in [-0.15, -0.1) is 0 Å². The van der Waals surface area contributed by atoms with Crippen molar-refractivity contribution >= 4 is 49.6 Å². The number of para-hydroxylation sites is 2. The minimum atomic E-state index is -0.509. The van der Waals surface area contributed by atoms with Gasteiger partial charge in [0.1, 0.15) is 0 Å². The fourth-order valence-corrected chi connectivity index (χ4v) is 11.0. The molecule has 0 spiro atoms. The Morgan fingerprint density at radius 1 is 0.299 bits per heavy atom.